The van der Waals surface area contributed by atoms with Gasteiger partial charge < -0.3 is 10.6 Å². The van der Waals surface area contributed by atoms with Crippen molar-refractivity contribution in [2.75, 3.05) is 5.32 Å². The van der Waals surface area contributed by atoms with Crippen molar-refractivity contribution in [1.82, 2.24) is 20.1 Å². The number of carbonyl (C=O) groups excluding carboxylic acids is 2. The van der Waals surface area contributed by atoms with Crippen LogP contribution in [-0.2, 0) is 6.18 Å². The number of pyridine rings is 1. The second kappa shape index (κ2) is 10.3. The number of hydrogen-bond donors (Lipinski definition) is 2. The minimum atomic E-state index is -4.82. The number of nitrogens with one attached hydrogen (secondary N) is 2. The van der Waals surface area contributed by atoms with Gasteiger partial charge in [0.15, 0.2) is 5.69 Å². The molecular weight excluding hydrogens is 621 g/mol. The van der Waals surface area contributed by atoms with E-state index in [4.69, 9.17) is 0 Å². The molecule has 3 aromatic rings. The van der Waals surface area contributed by atoms with Crippen LogP contribution in [0.5, 0.6) is 0 Å². The summed E-state index contributed by atoms with van der Waals surface area (Å²) in [5.74, 6) is -1.08. The van der Waals surface area contributed by atoms with E-state index in [2.05, 4.69) is 52.6 Å². The normalized spacial score (nSPS) is 14.1. The van der Waals surface area contributed by atoms with Gasteiger partial charge in [-0.25, -0.2) is 4.68 Å². The van der Waals surface area contributed by atoms with E-state index >= 15 is 0 Å². The molecule has 1 aliphatic rings. The highest BCUT2D eigenvalue weighted by molar-refractivity contribution is 9.11. The number of alkyl halides is 3. The molecule has 0 aliphatic heterocycles. The Balaban J connectivity index is 1.78. The van der Waals surface area contributed by atoms with Gasteiger partial charge in [-0.2, -0.15) is 23.5 Å². The highest BCUT2D eigenvalue weighted by Crippen LogP contribution is 2.35. The molecule has 37 heavy (non-hydrogen) atoms. The molecule has 0 spiro atoms. The highest BCUT2D eigenvalue weighted by Gasteiger charge is 2.37. The number of aryl methyl sites for hydroxylation is 1. The van der Waals surface area contributed by atoms with Crippen LogP contribution in [0.2, 0.25) is 0 Å². The molecule has 192 valence electrons. The van der Waals surface area contributed by atoms with Crippen molar-refractivity contribution in [3.05, 3.63) is 67.6 Å². The van der Waals surface area contributed by atoms with E-state index in [1.165, 1.54) is 24.5 Å². The molecule has 4 rings (SSSR count). The summed E-state index contributed by atoms with van der Waals surface area (Å²) in [6.07, 6.45) is -0.127. The smallest absolute Gasteiger partial charge is 0.349 e. The van der Waals surface area contributed by atoms with Crippen molar-refractivity contribution in [3.8, 4) is 11.8 Å². The van der Waals surface area contributed by atoms with E-state index in [9.17, 15) is 28.0 Å². The first-order valence-corrected chi connectivity index (χ1v) is 12.6. The summed E-state index contributed by atoms with van der Waals surface area (Å²) in [5, 5.41) is 18.5. The topological polar surface area (TPSA) is 113 Å². The number of anilines is 1. The molecular formula is C24H19Br2F3N6O2. The molecule has 1 saturated carbocycles. The number of halogens is 5. The lowest BCUT2D eigenvalue weighted by molar-refractivity contribution is -0.141. The number of nitriles is 1. The van der Waals surface area contributed by atoms with Crippen molar-refractivity contribution in [1.29, 1.82) is 5.26 Å². The Morgan fingerprint density at radius 3 is 2.38 bits per heavy atom. The maximum Gasteiger partial charge on any atom is 0.435 e. The maximum atomic E-state index is 13.6. The number of carbonyl (C=O) groups is 2. The van der Waals surface area contributed by atoms with Gasteiger partial charge in [0.1, 0.15) is 5.69 Å². The minimum Gasteiger partial charge on any atom is -0.349 e. The summed E-state index contributed by atoms with van der Waals surface area (Å²) >= 11 is 6.48. The number of aromatic nitrogens is 3. The molecule has 8 nitrogen and oxygen atoms in total. The van der Waals surface area contributed by atoms with Crippen LogP contribution in [0.15, 0.2) is 39.5 Å². The zero-order valence-corrected chi connectivity index (χ0v) is 22.6. The second-order valence-electron chi connectivity index (χ2n) is 8.66. The molecule has 1 aromatic carbocycles. The Kier molecular flexibility index (Phi) is 7.43. The molecule has 2 N–H and O–H groups in total. The maximum absolute atomic E-state index is 13.6. The van der Waals surface area contributed by atoms with Crippen LogP contribution < -0.4 is 10.6 Å². The Bertz CT molecular complexity index is 1420. The monoisotopic (exact) mass is 638 g/mol. The van der Waals surface area contributed by atoms with Crippen molar-refractivity contribution in [3.63, 3.8) is 0 Å². The first-order chi connectivity index (χ1) is 17.4. The van der Waals surface area contributed by atoms with Crippen LogP contribution in [0.3, 0.4) is 0 Å². The fourth-order valence-electron chi connectivity index (χ4n) is 3.83. The molecule has 0 radical (unpaired) electrons. The number of rotatable bonds is 6. The first kappa shape index (κ1) is 26.8. The lowest BCUT2D eigenvalue weighted by Gasteiger charge is -2.18. The SMILES string of the molecule is Cc1cc(C#N)cc(C(=O)NC(C)C2CC2)c1NC(=O)c1cc(C(F)(F)F)nn1-c1c(Br)cncc1Br. The van der Waals surface area contributed by atoms with E-state index in [1.807, 2.05) is 13.0 Å². The lowest BCUT2D eigenvalue weighted by Crippen LogP contribution is -2.35. The van der Waals surface area contributed by atoms with Gasteiger partial charge in [0.25, 0.3) is 11.8 Å². The average Bonchev–Trinajstić information content (AvgIpc) is 3.58. The van der Waals surface area contributed by atoms with Gasteiger partial charge in [-0.05, 0) is 82.2 Å². The summed E-state index contributed by atoms with van der Waals surface area (Å²) in [5.41, 5.74) is -0.867. The third kappa shape index (κ3) is 5.70. The van der Waals surface area contributed by atoms with Crippen molar-refractivity contribution in [2.45, 2.75) is 38.9 Å². The van der Waals surface area contributed by atoms with Gasteiger partial charge in [-0.3, -0.25) is 14.6 Å². The van der Waals surface area contributed by atoms with Gasteiger partial charge >= 0.3 is 6.18 Å². The third-order valence-corrected chi connectivity index (χ3v) is 7.07. The number of nitrogens with zero attached hydrogens (tertiary/aromatic N) is 4. The summed E-state index contributed by atoms with van der Waals surface area (Å²) in [7, 11) is 0. The predicted octanol–water partition coefficient (Wildman–Crippen LogP) is 5.77. The lowest BCUT2D eigenvalue weighted by atomic mass is 10.0. The molecule has 1 fully saturated rings. The molecule has 2 aromatic heterocycles. The molecule has 1 unspecified atom stereocenters. The van der Waals surface area contributed by atoms with E-state index < -0.39 is 29.4 Å². The fraction of sp³-hybridized carbons (Fsp3) is 0.292. The van der Waals surface area contributed by atoms with E-state index in [0.29, 0.717) is 17.5 Å². The van der Waals surface area contributed by atoms with Gasteiger partial charge in [0, 0.05) is 24.5 Å². The van der Waals surface area contributed by atoms with Crippen LogP contribution in [0.1, 0.15) is 57.4 Å². The van der Waals surface area contributed by atoms with Crippen LogP contribution in [0.4, 0.5) is 18.9 Å². The Labute approximate surface area is 226 Å². The summed E-state index contributed by atoms with van der Waals surface area (Å²) in [6.45, 7) is 3.46. The molecule has 1 aliphatic carbocycles. The predicted molar refractivity (Wildman–Crippen MR) is 135 cm³/mol. The van der Waals surface area contributed by atoms with Crippen LogP contribution in [0.25, 0.3) is 5.69 Å². The van der Waals surface area contributed by atoms with Gasteiger partial charge in [-0.1, -0.05) is 0 Å². The number of amides is 2. The van der Waals surface area contributed by atoms with Crippen LogP contribution in [0, 0.1) is 24.2 Å². The average molecular weight is 640 g/mol. The third-order valence-electron chi connectivity index (χ3n) is 5.91. The van der Waals surface area contributed by atoms with Crippen molar-refractivity contribution < 1.29 is 22.8 Å². The van der Waals surface area contributed by atoms with Gasteiger partial charge in [0.05, 0.1) is 37.5 Å². The molecule has 13 heteroatoms. The molecule has 0 saturated heterocycles. The standard InChI is InChI=1S/C24H19Br2F3N6O2/c1-11-5-13(8-30)6-15(22(36)32-12(2)14-3-4-14)20(11)33-23(37)18-7-19(24(27,28)29)34-35(18)21-16(25)9-31-10-17(21)26/h5-7,9-10,12,14H,3-4H2,1-2H3,(H,32,36)(H,33,37). The second-order valence-corrected chi connectivity index (χ2v) is 10.4. The Hall–Kier alpha value is -3.24. The summed E-state index contributed by atoms with van der Waals surface area (Å²) < 4.78 is 42.1. The van der Waals surface area contributed by atoms with Gasteiger partial charge in [0.2, 0.25) is 0 Å². The summed E-state index contributed by atoms with van der Waals surface area (Å²) in [4.78, 5) is 30.5. The minimum absolute atomic E-state index is 0.0331. The first-order valence-electron chi connectivity index (χ1n) is 11.0. The zero-order chi connectivity index (χ0) is 27.1. The highest BCUT2D eigenvalue weighted by atomic mass is 79.9. The fourth-order valence-corrected chi connectivity index (χ4v) is 5.10. The number of hydrogen-bond acceptors (Lipinski definition) is 5. The van der Waals surface area contributed by atoms with Crippen molar-refractivity contribution >= 4 is 49.4 Å². The molecule has 0 bridgehead atoms. The van der Waals surface area contributed by atoms with E-state index in [-0.39, 0.29) is 37.5 Å². The quantitative estimate of drug-likeness (QED) is 0.356. The van der Waals surface area contributed by atoms with Crippen molar-refractivity contribution in [2.24, 2.45) is 5.92 Å². The van der Waals surface area contributed by atoms with E-state index in [1.54, 1.807) is 6.92 Å². The zero-order valence-electron chi connectivity index (χ0n) is 19.5. The molecule has 2 amide bonds. The Morgan fingerprint density at radius 1 is 1.16 bits per heavy atom. The number of benzene rings is 1. The largest absolute Gasteiger partial charge is 0.435 e. The Morgan fingerprint density at radius 2 is 1.81 bits per heavy atom. The molecule has 2 heterocycles. The summed E-state index contributed by atoms with van der Waals surface area (Å²) in [6, 6.07) is 5.31. The van der Waals surface area contributed by atoms with Gasteiger partial charge in [-0.15, -0.1) is 0 Å². The van der Waals surface area contributed by atoms with Crippen LogP contribution >= 0.6 is 31.9 Å². The van der Waals surface area contributed by atoms with E-state index in [0.717, 1.165) is 17.5 Å². The molecule has 1 atom stereocenters. The van der Waals surface area contributed by atoms with Crippen LogP contribution in [-0.4, -0.2) is 32.6 Å².